The third kappa shape index (κ3) is 5.54. The first-order valence-electron chi connectivity index (χ1n) is 7.64. The van der Waals surface area contributed by atoms with Crippen LogP contribution in [0.15, 0.2) is 53.5 Å². The average Bonchev–Trinajstić information content (AvgIpc) is 2.59. The summed E-state index contributed by atoms with van der Waals surface area (Å²) in [5.74, 6) is 1.88. The fraction of sp³-hybridized carbons (Fsp3) is 0.278. The summed E-state index contributed by atoms with van der Waals surface area (Å²) in [6, 6.07) is 15.0. The van der Waals surface area contributed by atoms with Crippen molar-refractivity contribution < 1.29 is 9.84 Å². The summed E-state index contributed by atoms with van der Waals surface area (Å²) in [6.45, 7) is 4.07. The van der Waals surface area contributed by atoms with E-state index in [0.29, 0.717) is 13.1 Å². The molecule has 0 saturated carbocycles. The largest absolute Gasteiger partial charge is 0.508 e. The van der Waals surface area contributed by atoms with Crippen molar-refractivity contribution in [3.63, 3.8) is 0 Å². The molecule has 0 aliphatic rings. The van der Waals surface area contributed by atoms with Gasteiger partial charge in [0.25, 0.3) is 0 Å². The number of phenolic OH excluding ortho intramolecular Hbond substituents is 1. The summed E-state index contributed by atoms with van der Waals surface area (Å²) < 4.78 is 5.15. The lowest BCUT2D eigenvalue weighted by atomic mass is 10.2. The van der Waals surface area contributed by atoms with Crippen LogP contribution in [0.2, 0.25) is 0 Å². The number of nitrogens with one attached hydrogen (secondary N) is 2. The van der Waals surface area contributed by atoms with Crippen molar-refractivity contribution in [3.8, 4) is 11.5 Å². The Morgan fingerprint density at radius 2 is 1.65 bits per heavy atom. The van der Waals surface area contributed by atoms with Crippen LogP contribution < -0.4 is 15.4 Å². The van der Waals surface area contributed by atoms with Gasteiger partial charge in [0.1, 0.15) is 11.5 Å². The molecular formula is C18H23N3O2. The van der Waals surface area contributed by atoms with Crippen molar-refractivity contribution in [2.24, 2.45) is 4.99 Å². The molecule has 0 atom stereocenters. The zero-order valence-corrected chi connectivity index (χ0v) is 13.5. The summed E-state index contributed by atoms with van der Waals surface area (Å²) in [6.07, 6.45) is 0. The third-order valence-corrected chi connectivity index (χ3v) is 3.32. The van der Waals surface area contributed by atoms with Crippen molar-refractivity contribution in [1.82, 2.24) is 10.6 Å². The number of guanidine groups is 1. The van der Waals surface area contributed by atoms with Gasteiger partial charge in [0.05, 0.1) is 13.7 Å². The minimum absolute atomic E-state index is 0.272. The number of ether oxygens (including phenoxy) is 1. The van der Waals surface area contributed by atoms with Crippen LogP contribution in [0.5, 0.6) is 11.5 Å². The van der Waals surface area contributed by atoms with Gasteiger partial charge in [0, 0.05) is 13.1 Å². The van der Waals surface area contributed by atoms with E-state index >= 15 is 0 Å². The fourth-order valence-electron chi connectivity index (χ4n) is 2.04. The van der Waals surface area contributed by atoms with E-state index in [1.165, 1.54) is 0 Å². The van der Waals surface area contributed by atoms with Gasteiger partial charge in [-0.25, -0.2) is 4.99 Å². The molecule has 0 fully saturated rings. The number of benzene rings is 2. The monoisotopic (exact) mass is 313 g/mol. The maximum absolute atomic E-state index is 9.30. The average molecular weight is 313 g/mol. The Morgan fingerprint density at radius 3 is 2.26 bits per heavy atom. The van der Waals surface area contributed by atoms with Gasteiger partial charge >= 0.3 is 0 Å². The Bertz CT molecular complexity index is 622. The first-order chi connectivity index (χ1) is 11.2. The van der Waals surface area contributed by atoms with Gasteiger partial charge in [-0.1, -0.05) is 24.3 Å². The van der Waals surface area contributed by atoms with E-state index in [1.807, 2.05) is 43.3 Å². The number of phenols is 1. The highest BCUT2D eigenvalue weighted by Crippen LogP contribution is 2.12. The summed E-state index contributed by atoms with van der Waals surface area (Å²) in [4.78, 5) is 4.58. The standard InChI is InChI=1S/C18H23N3O2/c1-3-19-18(20-12-14-4-8-16(22)9-5-14)21-13-15-6-10-17(23-2)11-7-15/h4-11,22H,3,12-13H2,1-2H3,(H2,19,20,21). The Morgan fingerprint density at radius 1 is 1.00 bits per heavy atom. The number of aromatic hydroxyl groups is 1. The number of rotatable bonds is 6. The van der Waals surface area contributed by atoms with Crippen LogP contribution in [0.3, 0.4) is 0 Å². The first kappa shape index (κ1) is 16.7. The molecule has 0 aromatic heterocycles. The maximum atomic E-state index is 9.30. The Kier molecular flexibility index (Phi) is 6.29. The molecule has 0 saturated heterocycles. The second-order valence-corrected chi connectivity index (χ2v) is 5.06. The topological polar surface area (TPSA) is 65.9 Å². The van der Waals surface area contributed by atoms with Crippen LogP contribution in [0, 0.1) is 0 Å². The lowest BCUT2D eigenvalue weighted by Crippen LogP contribution is -2.36. The zero-order chi connectivity index (χ0) is 16.5. The van der Waals surface area contributed by atoms with Crippen molar-refractivity contribution in [2.45, 2.75) is 20.0 Å². The SMILES string of the molecule is CCNC(=NCc1ccc(OC)cc1)NCc1ccc(O)cc1. The van der Waals surface area contributed by atoms with Gasteiger partial charge in [-0.2, -0.15) is 0 Å². The smallest absolute Gasteiger partial charge is 0.191 e. The van der Waals surface area contributed by atoms with E-state index in [4.69, 9.17) is 4.74 Å². The second kappa shape index (κ2) is 8.68. The molecule has 2 aromatic rings. The molecule has 0 aliphatic heterocycles. The Balaban J connectivity index is 1.94. The third-order valence-electron chi connectivity index (χ3n) is 3.32. The van der Waals surface area contributed by atoms with E-state index in [9.17, 15) is 5.11 Å². The number of aliphatic imine (C=N–C) groups is 1. The van der Waals surface area contributed by atoms with E-state index < -0.39 is 0 Å². The lowest BCUT2D eigenvalue weighted by molar-refractivity contribution is 0.414. The van der Waals surface area contributed by atoms with E-state index in [-0.39, 0.29) is 5.75 Å². The summed E-state index contributed by atoms with van der Waals surface area (Å²) in [5.41, 5.74) is 2.20. The Hall–Kier alpha value is -2.69. The van der Waals surface area contributed by atoms with Crippen molar-refractivity contribution in [2.75, 3.05) is 13.7 Å². The van der Waals surface area contributed by atoms with Gasteiger partial charge in [0.15, 0.2) is 5.96 Å². The molecule has 2 rings (SSSR count). The van der Waals surface area contributed by atoms with Crippen LogP contribution >= 0.6 is 0 Å². The molecule has 0 amide bonds. The summed E-state index contributed by atoms with van der Waals surface area (Å²) >= 11 is 0. The molecule has 3 N–H and O–H groups in total. The normalized spacial score (nSPS) is 11.1. The van der Waals surface area contributed by atoms with Crippen LogP contribution in [0.25, 0.3) is 0 Å². The molecule has 0 radical (unpaired) electrons. The highest BCUT2D eigenvalue weighted by molar-refractivity contribution is 5.79. The van der Waals surface area contributed by atoms with E-state index in [0.717, 1.165) is 29.4 Å². The van der Waals surface area contributed by atoms with Crippen molar-refractivity contribution in [1.29, 1.82) is 0 Å². The van der Waals surface area contributed by atoms with Crippen LogP contribution in [-0.2, 0) is 13.1 Å². The minimum atomic E-state index is 0.272. The summed E-state index contributed by atoms with van der Waals surface area (Å²) in [5, 5.41) is 15.8. The number of nitrogens with zero attached hydrogens (tertiary/aromatic N) is 1. The van der Waals surface area contributed by atoms with Gasteiger partial charge in [-0.05, 0) is 42.3 Å². The molecule has 122 valence electrons. The second-order valence-electron chi connectivity index (χ2n) is 5.06. The predicted octanol–water partition coefficient (Wildman–Crippen LogP) is 2.66. The molecule has 0 heterocycles. The van der Waals surface area contributed by atoms with E-state index in [2.05, 4.69) is 15.6 Å². The predicted molar refractivity (Wildman–Crippen MR) is 92.8 cm³/mol. The van der Waals surface area contributed by atoms with Crippen LogP contribution in [0.4, 0.5) is 0 Å². The highest BCUT2D eigenvalue weighted by atomic mass is 16.5. The Labute approximate surface area is 137 Å². The van der Waals surface area contributed by atoms with Gasteiger partial charge < -0.3 is 20.5 Å². The van der Waals surface area contributed by atoms with Gasteiger partial charge in [0.2, 0.25) is 0 Å². The molecule has 2 aromatic carbocycles. The summed E-state index contributed by atoms with van der Waals surface area (Å²) in [7, 11) is 1.66. The molecule has 0 spiro atoms. The highest BCUT2D eigenvalue weighted by Gasteiger charge is 1.99. The molecular weight excluding hydrogens is 290 g/mol. The van der Waals surface area contributed by atoms with Gasteiger partial charge in [-0.15, -0.1) is 0 Å². The zero-order valence-electron chi connectivity index (χ0n) is 13.5. The quantitative estimate of drug-likeness (QED) is 0.566. The molecule has 23 heavy (non-hydrogen) atoms. The van der Waals surface area contributed by atoms with Crippen LogP contribution in [-0.4, -0.2) is 24.7 Å². The molecule has 5 nitrogen and oxygen atoms in total. The van der Waals surface area contributed by atoms with Crippen molar-refractivity contribution >= 4 is 5.96 Å². The maximum Gasteiger partial charge on any atom is 0.191 e. The molecule has 0 aliphatic carbocycles. The van der Waals surface area contributed by atoms with Gasteiger partial charge in [-0.3, -0.25) is 0 Å². The number of hydrogen-bond acceptors (Lipinski definition) is 3. The molecule has 0 unspecified atom stereocenters. The van der Waals surface area contributed by atoms with Crippen LogP contribution in [0.1, 0.15) is 18.1 Å². The lowest BCUT2D eigenvalue weighted by Gasteiger charge is -2.11. The minimum Gasteiger partial charge on any atom is -0.508 e. The molecule has 5 heteroatoms. The van der Waals surface area contributed by atoms with E-state index in [1.54, 1.807) is 19.2 Å². The number of methoxy groups -OCH3 is 1. The molecule has 0 bridgehead atoms. The first-order valence-corrected chi connectivity index (χ1v) is 7.64. The number of hydrogen-bond donors (Lipinski definition) is 3. The fourth-order valence-corrected chi connectivity index (χ4v) is 2.04. The van der Waals surface area contributed by atoms with Crippen molar-refractivity contribution in [3.05, 3.63) is 59.7 Å².